The lowest BCUT2D eigenvalue weighted by Crippen LogP contribution is -2.54. The zero-order valence-corrected chi connectivity index (χ0v) is 7.33. The van der Waals surface area contributed by atoms with Crippen LogP contribution < -0.4 is 5.43 Å². The largest absolute Gasteiger partial charge is 0.338 e. The first kappa shape index (κ1) is 8.83. The first-order valence-electron chi connectivity index (χ1n) is 3.91. The molecule has 0 saturated carbocycles. The van der Waals surface area contributed by atoms with E-state index in [4.69, 9.17) is 0 Å². The molecule has 0 unspecified atom stereocenters. The molecule has 1 fully saturated rings. The lowest BCUT2D eigenvalue weighted by Gasteiger charge is -2.32. The van der Waals surface area contributed by atoms with E-state index in [0.29, 0.717) is 6.54 Å². The van der Waals surface area contributed by atoms with E-state index in [1.165, 1.54) is 11.9 Å². The van der Waals surface area contributed by atoms with E-state index in [-0.39, 0.29) is 11.9 Å². The Morgan fingerprint density at radius 3 is 2.75 bits per heavy atom. The van der Waals surface area contributed by atoms with Gasteiger partial charge in [0.15, 0.2) is 0 Å². The van der Waals surface area contributed by atoms with Crippen LogP contribution in [0.4, 0.5) is 4.79 Å². The van der Waals surface area contributed by atoms with Crippen LogP contribution in [0.25, 0.3) is 0 Å². The van der Waals surface area contributed by atoms with Gasteiger partial charge in [0.1, 0.15) is 0 Å². The second-order valence-corrected chi connectivity index (χ2v) is 2.88. The molecule has 1 saturated heterocycles. The van der Waals surface area contributed by atoms with Gasteiger partial charge in [-0.25, -0.2) is 9.80 Å². The highest BCUT2D eigenvalue weighted by atomic mass is 16.2. The Morgan fingerprint density at radius 1 is 1.50 bits per heavy atom. The molecule has 0 aliphatic carbocycles. The Morgan fingerprint density at radius 2 is 2.17 bits per heavy atom. The minimum absolute atomic E-state index is 0.142. The van der Waals surface area contributed by atoms with Gasteiger partial charge >= 0.3 is 6.03 Å². The highest BCUT2D eigenvalue weighted by Crippen LogP contribution is 2.03. The number of nitrogens with one attached hydrogen (secondary N) is 1. The fraction of sp³-hybridized carbons (Fsp3) is 0.714. The topological polar surface area (TPSA) is 52.7 Å². The molecule has 0 atom stereocenters. The van der Waals surface area contributed by atoms with Crippen LogP contribution in [0.3, 0.4) is 0 Å². The lowest BCUT2D eigenvalue weighted by molar-refractivity contribution is -0.123. The average molecular weight is 171 g/mol. The molecule has 1 aliphatic rings. The number of rotatable bonds is 1. The molecule has 3 amide bonds. The van der Waals surface area contributed by atoms with Crippen molar-refractivity contribution in [1.82, 2.24) is 15.3 Å². The summed E-state index contributed by atoms with van der Waals surface area (Å²) in [4.78, 5) is 23.5. The first-order chi connectivity index (χ1) is 5.61. The minimum atomic E-state index is -0.210. The number of hydrogen-bond acceptors (Lipinski definition) is 2. The van der Waals surface area contributed by atoms with Crippen molar-refractivity contribution in [3.05, 3.63) is 0 Å². The highest BCUT2D eigenvalue weighted by molar-refractivity contribution is 5.80. The molecule has 5 heteroatoms. The standard InChI is InChI=1S/C7H13N3O2/c1-6(11)8-10-5-3-4-9(2)7(10)12/h3-5H2,1-2H3,(H,8,11). The number of urea groups is 1. The van der Waals surface area contributed by atoms with Crippen LogP contribution in [-0.2, 0) is 4.79 Å². The number of carbonyl (C=O) groups excluding carboxylic acids is 2. The molecule has 0 radical (unpaired) electrons. The monoisotopic (exact) mass is 171 g/mol. The number of amides is 3. The molecule has 1 rings (SSSR count). The number of hydrogen-bond donors (Lipinski definition) is 1. The third-order valence-corrected chi connectivity index (χ3v) is 1.73. The van der Waals surface area contributed by atoms with Gasteiger partial charge in [-0.3, -0.25) is 10.2 Å². The van der Waals surface area contributed by atoms with Crippen molar-refractivity contribution >= 4 is 11.9 Å². The molecule has 0 bridgehead atoms. The summed E-state index contributed by atoms with van der Waals surface area (Å²) in [5.41, 5.74) is 2.47. The summed E-state index contributed by atoms with van der Waals surface area (Å²) in [6, 6.07) is -0.142. The predicted molar refractivity (Wildman–Crippen MR) is 43.2 cm³/mol. The van der Waals surface area contributed by atoms with E-state index in [0.717, 1.165) is 13.0 Å². The summed E-state index contributed by atoms with van der Waals surface area (Å²) in [6.07, 6.45) is 0.891. The SMILES string of the molecule is CC(=O)NN1CCCN(C)C1=O. The molecule has 68 valence electrons. The van der Waals surface area contributed by atoms with Gasteiger partial charge in [0.05, 0.1) is 0 Å². The van der Waals surface area contributed by atoms with Gasteiger partial charge in [0.2, 0.25) is 5.91 Å². The van der Waals surface area contributed by atoms with Gasteiger partial charge in [0, 0.05) is 27.1 Å². The van der Waals surface area contributed by atoms with E-state index in [1.807, 2.05) is 0 Å². The average Bonchev–Trinajstić information content (AvgIpc) is 1.98. The van der Waals surface area contributed by atoms with Crippen molar-refractivity contribution in [2.24, 2.45) is 0 Å². The summed E-state index contributed by atoms with van der Waals surface area (Å²) in [5.74, 6) is -0.210. The summed E-state index contributed by atoms with van der Waals surface area (Å²) >= 11 is 0. The fourth-order valence-corrected chi connectivity index (χ4v) is 1.16. The normalized spacial score (nSPS) is 18.0. The zero-order chi connectivity index (χ0) is 9.14. The third kappa shape index (κ3) is 1.87. The molecule has 5 nitrogen and oxygen atoms in total. The van der Waals surface area contributed by atoms with E-state index in [9.17, 15) is 9.59 Å². The van der Waals surface area contributed by atoms with Crippen LogP contribution in [0, 0.1) is 0 Å². The van der Waals surface area contributed by atoms with Crippen molar-refractivity contribution in [2.45, 2.75) is 13.3 Å². The van der Waals surface area contributed by atoms with Crippen LogP contribution in [0.2, 0.25) is 0 Å². The summed E-state index contributed by atoms with van der Waals surface area (Å²) in [5, 5.41) is 1.34. The van der Waals surface area contributed by atoms with E-state index < -0.39 is 0 Å². The summed E-state index contributed by atoms with van der Waals surface area (Å²) in [6.45, 7) is 2.75. The summed E-state index contributed by atoms with van der Waals surface area (Å²) in [7, 11) is 1.72. The maximum atomic E-state index is 11.3. The van der Waals surface area contributed by atoms with Crippen LogP contribution in [0.1, 0.15) is 13.3 Å². The molecule has 1 N–H and O–H groups in total. The van der Waals surface area contributed by atoms with Crippen molar-refractivity contribution < 1.29 is 9.59 Å². The van der Waals surface area contributed by atoms with Gasteiger partial charge in [0.25, 0.3) is 0 Å². The molecule has 1 aliphatic heterocycles. The predicted octanol–water partition coefficient (Wildman–Crippen LogP) is -0.205. The van der Waals surface area contributed by atoms with Gasteiger partial charge in [-0.1, -0.05) is 0 Å². The molecule has 0 aromatic carbocycles. The third-order valence-electron chi connectivity index (χ3n) is 1.73. The molecular formula is C7H13N3O2. The lowest BCUT2D eigenvalue weighted by atomic mass is 10.3. The van der Waals surface area contributed by atoms with Crippen LogP contribution in [-0.4, -0.2) is 42.0 Å². The maximum absolute atomic E-state index is 11.3. The smallest absolute Gasteiger partial charge is 0.326 e. The van der Waals surface area contributed by atoms with Crippen LogP contribution in [0.15, 0.2) is 0 Å². The highest BCUT2D eigenvalue weighted by Gasteiger charge is 2.22. The van der Waals surface area contributed by atoms with Gasteiger partial charge in [-0.05, 0) is 6.42 Å². The Balaban J connectivity index is 2.52. The fourth-order valence-electron chi connectivity index (χ4n) is 1.16. The number of hydrazine groups is 1. The Hall–Kier alpha value is -1.26. The molecule has 0 spiro atoms. The van der Waals surface area contributed by atoms with E-state index in [1.54, 1.807) is 11.9 Å². The second-order valence-electron chi connectivity index (χ2n) is 2.88. The van der Waals surface area contributed by atoms with Crippen LogP contribution in [0.5, 0.6) is 0 Å². The van der Waals surface area contributed by atoms with Crippen molar-refractivity contribution in [1.29, 1.82) is 0 Å². The van der Waals surface area contributed by atoms with E-state index in [2.05, 4.69) is 5.43 Å². The molecule has 0 aromatic rings. The van der Waals surface area contributed by atoms with Crippen molar-refractivity contribution in [2.75, 3.05) is 20.1 Å². The van der Waals surface area contributed by atoms with Gasteiger partial charge in [-0.2, -0.15) is 0 Å². The molecular weight excluding hydrogens is 158 g/mol. The Bertz CT molecular complexity index is 205. The Labute approximate surface area is 71.3 Å². The van der Waals surface area contributed by atoms with Crippen molar-refractivity contribution in [3.63, 3.8) is 0 Å². The van der Waals surface area contributed by atoms with Crippen molar-refractivity contribution in [3.8, 4) is 0 Å². The maximum Gasteiger partial charge on any atom is 0.338 e. The number of carbonyl (C=O) groups is 2. The van der Waals surface area contributed by atoms with Crippen LogP contribution >= 0.6 is 0 Å². The molecule has 1 heterocycles. The summed E-state index contributed by atoms with van der Waals surface area (Å²) < 4.78 is 0. The first-order valence-corrected chi connectivity index (χ1v) is 3.91. The molecule has 12 heavy (non-hydrogen) atoms. The minimum Gasteiger partial charge on any atom is -0.326 e. The van der Waals surface area contributed by atoms with E-state index >= 15 is 0 Å². The second kappa shape index (κ2) is 3.42. The quantitative estimate of drug-likeness (QED) is 0.593. The number of nitrogens with zero attached hydrogens (tertiary/aromatic N) is 2. The van der Waals surface area contributed by atoms with Gasteiger partial charge in [-0.15, -0.1) is 0 Å². The molecule has 0 aromatic heterocycles. The Kier molecular flexibility index (Phi) is 2.52. The van der Waals surface area contributed by atoms with Gasteiger partial charge < -0.3 is 4.90 Å². The zero-order valence-electron chi connectivity index (χ0n) is 7.33.